The minimum Gasteiger partial charge on any atom is -0.310 e. The molecule has 1 heterocycles. The van der Waals surface area contributed by atoms with Crippen molar-refractivity contribution in [3.63, 3.8) is 0 Å². The molecule has 196 valence electrons. The van der Waals surface area contributed by atoms with Crippen molar-refractivity contribution in [3.8, 4) is 0 Å². The average molecular weight is 552 g/mol. The fraction of sp³-hybridized carbons (Fsp3) is 0. The summed E-state index contributed by atoms with van der Waals surface area (Å²) in [6.45, 7) is 0. The molecule has 0 spiro atoms. The molecule has 0 aliphatic rings. The van der Waals surface area contributed by atoms with Crippen LogP contribution in [0.1, 0.15) is 0 Å². The van der Waals surface area contributed by atoms with Gasteiger partial charge in [-0.1, -0.05) is 109 Å². The Morgan fingerprint density at radius 1 is 0.333 bits per heavy atom. The minimum atomic E-state index is 1.15. The van der Waals surface area contributed by atoms with Crippen molar-refractivity contribution in [1.29, 1.82) is 0 Å². The number of nitrogens with zero attached hydrogens (tertiary/aromatic N) is 1. The summed E-state index contributed by atoms with van der Waals surface area (Å²) in [6.07, 6.45) is 0. The molecule has 0 fully saturated rings. The fourth-order valence-electron chi connectivity index (χ4n) is 6.66. The Morgan fingerprint density at radius 3 is 1.69 bits per heavy atom. The number of thiophene rings is 1. The molecule has 1 nitrogen and oxygen atoms in total. The van der Waals surface area contributed by atoms with Gasteiger partial charge in [-0.2, -0.15) is 0 Å². The van der Waals surface area contributed by atoms with Crippen molar-refractivity contribution >= 4 is 91.7 Å². The SMILES string of the molecule is c1ccc(N(c2ccc3c(ccc4ccc5ccccc5c43)c2)c2ccc3c(c2)sc2ccc4ccccc4c23)cc1. The highest BCUT2D eigenvalue weighted by Crippen LogP contribution is 2.43. The van der Waals surface area contributed by atoms with Gasteiger partial charge in [0.1, 0.15) is 0 Å². The predicted molar refractivity (Wildman–Crippen MR) is 184 cm³/mol. The third-order valence-corrected chi connectivity index (χ3v) is 9.70. The van der Waals surface area contributed by atoms with Gasteiger partial charge in [0, 0.05) is 37.2 Å². The van der Waals surface area contributed by atoms with Crippen molar-refractivity contribution in [3.05, 3.63) is 152 Å². The smallest absolute Gasteiger partial charge is 0.0476 e. The third-order valence-electron chi connectivity index (χ3n) is 8.58. The third kappa shape index (κ3) is 3.56. The molecule has 0 N–H and O–H groups in total. The van der Waals surface area contributed by atoms with Gasteiger partial charge >= 0.3 is 0 Å². The molecular weight excluding hydrogens is 527 g/mol. The number of anilines is 3. The Morgan fingerprint density at radius 2 is 0.905 bits per heavy atom. The number of para-hydroxylation sites is 1. The standard InChI is InChI=1S/C40H25NS/c1-2-10-30(11-3-1)41(32-20-22-36-38(25-32)42-37-23-18-27-9-5-7-13-34(27)40(36)37)31-19-21-35-29(24-31)17-16-28-15-14-26-8-4-6-12-33(26)39(28)35/h1-25H. The molecule has 0 aliphatic carbocycles. The molecule has 42 heavy (non-hydrogen) atoms. The van der Waals surface area contributed by atoms with E-state index in [9.17, 15) is 0 Å². The van der Waals surface area contributed by atoms with Crippen LogP contribution < -0.4 is 4.90 Å². The van der Waals surface area contributed by atoms with Gasteiger partial charge in [0.2, 0.25) is 0 Å². The predicted octanol–water partition coefficient (Wildman–Crippen LogP) is 12.1. The van der Waals surface area contributed by atoms with Crippen molar-refractivity contribution < 1.29 is 0 Å². The van der Waals surface area contributed by atoms with Crippen LogP contribution in [0.2, 0.25) is 0 Å². The lowest BCUT2D eigenvalue weighted by Gasteiger charge is -2.26. The van der Waals surface area contributed by atoms with Gasteiger partial charge in [-0.3, -0.25) is 0 Å². The number of rotatable bonds is 3. The molecule has 0 unspecified atom stereocenters. The largest absolute Gasteiger partial charge is 0.310 e. The quantitative estimate of drug-likeness (QED) is 0.197. The number of fused-ring (bicyclic) bond motifs is 10. The van der Waals surface area contributed by atoms with Gasteiger partial charge < -0.3 is 4.90 Å². The van der Waals surface area contributed by atoms with Crippen molar-refractivity contribution in [2.75, 3.05) is 4.90 Å². The summed E-state index contributed by atoms with van der Waals surface area (Å²) in [5, 5.41) is 13.0. The van der Waals surface area contributed by atoms with Crippen LogP contribution in [0.25, 0.3) is 63.3 Å². The van der Waals surface area contributed by atoms with E-state index in [4.69, 9.17) is 0 Å². The first-order chi connectivity index (χ1) is 20.8. The molecule has 0 amide bonds. The maximum absolute atomic E-state index is 2.38. The van der Waals surface area contributed by atoms with E-state index in [1.165, 1.54) is 63.3 Å². The van der Waals surface area contributed by atoms with Crippen LogP contribution in [0.3, 0.4) is 0 Å². The second kappa shape index (κ2) is 9.17. The van der Waals surface area contributed by atoms with Gasteiger partial charge in [0.05, 0.1) is 0 Å². The van der Waals surface area contributed by atoms with E-state index in [0.29, 0.717) is 0 Å². The van der Waals surface area contributed by atoms with Crippen LogP contribution in [-0.4, -0.2) is 0 Å². The summed E-state index contributed by atoms with van der Waals surface area (Å²) >= 11 is 1.88. The van der Waals surface area contributed by atoms with Gasteiger partial charge in [0.15, 0.2) is 0 Å². The van der Waals surface area contributed by atoms with E-state index < -0.39 is 0 Å². The van der Waals surface area contributed by atoms with E-state index in [1.54, 1.807) is 0 Å². The Bertz CT molecular complexity index is 2470. The average Bonchev–Trinajstić information content (AvgIpc) is 3.43. The summed E-state index contributed by atoms with van der Waals surface area (Å²) in [7, 11) is 0. The van der Waals surface area contributed by atoms with Crippen LogP contribution >= 0.6 is 11.3 Å². The lowest BCUT2D eigenvalue weighted by Crippen LogP contribution is -2.09. The summed E-state index contributed by atoms with van der Waals surface area (Å²) in [5.41, 5.74) is 3.46. The highest BCUT2D eigenvalue weighted by atomic mass is 32.1. The van der Waals surface area contributed by atoms with Crippen LogP contribution in [0, 0.1) is 0 Å². The first-order valence-corrected chi connectivity index (χ1v) is 15.2. The van der Waals surface area contributed by atoms with Crippen LogP contribution in [0.4, 0.5) is 17.1 Å². The van der Waals surface area contributed by atoms with E-state index in [1.807, 2.05) is 11.3 Å². The molecule has 9 rings (SSSR count). The zero-order valence-corrected chi connectivity index (χ0v) is 23.6. The second-order valence-corrected chi connectivity index (χ2v) is 12.1. The van der Waals surface area contributed by atoms with Gasteiger partial charge in [-0.15, -0.1) is 11.3 Å². The van der Waals surface area contributed by atoms with Crippen LogP contribution in [-0.2, 0) is 0 Å². The summed E-state index contributed by atoms with van der Waals surface area (Å²) in [5.74, 6) is 0. The second-order valence-electron chi connectivity index (χ2n) is 11.0. The maximum atomic E-state index is 2.38. The highest BCUT2D eigenvalue weighted by molar-refractivity contribution is 7.26. The van der Waals surface area contributed by atoms with Gasteiger partial charge in [0.25, 0.3) is 0 Å². The molecule has 0 aliphatic heterocycles. The van der Waals surface area contributed by atoms with Gasteiger partial charge in [-0.05, 0) is 85.6 Å². The lowest BCUT2D eigenvalue weighted by molar-refractivity contribution is 1.30. The fourth-order valence-corrected chi connectivity index (χ4v) is 7.82. The Labute approximate surface area is 247 Å². The van der Waals surface area contributed by atoms with Crippen molar-refractivity contribution in [2.45, 2.75) is 0 Å². The van der Waals surface area contributed by atoms with Crippen molar-refractivity contribution in [1.82, 2.24) is 0 Å². The van der Waals surface area contributed by atoms with Crippen LogP contribution in [0.15, 0.2) is 152 Å². The molecule has 0 saturated carbocycles. The van der Waals surface area contributed by atoms with E-state index in [2.05, 4.69) is 157 Å². The van der Waals surface area contributed by atoms with Crippen molar-refractivity contribution in [2.24, 2.45) is 0 Å². The zero-order chi connectivity index (χ0) is 27.6. The van der Waals surface area contributed by atoms with Gasteiger partial charge in [-0.25, -0.2) is 0 Å². The number of benzene rings is 8. The summed E-state index contributed by atoms with van der Waals surface area (Å²) in [4.78, 5) is 2.38. The molecule has 1 aromatic heterocycles. The molecule has 0 radical (unpaired) electrons. The van der Waals surface area contributed by atoms with Crippen LogP contribution in [0.5, 0.6) is 0 Å². The Hall–Kier alpha value is -5.18. The first-order valence-electron chi connectivity index (χ1n) is 14.4. The molecule has 9 aromatic rings. The Kier molecular flexibility index (Phi) is 5.13. The van der Waals surface area contributed by atoms with E-state index in [0.717, 1.165) is 17.1 Å². The summed E-state index contributed by atoms with van der Waals surface area (Å²) < 4.78 is 2.63. The maximum Gasteiger partial charge on any atom is 0.0476 e. The topological polar surface area (TPSA) is 3.24 Å². The number of hydrogen-bond donors (Lipinski definition) is 0. The summed E-state index contributed by atoms with van der Waals surface area (Å²) in [6, 6.07) is 55.5. The zero-order valence-electron chi connectivity index (χ0n) is 22.8. The molecular formula is C40H25NS. The first kappa shape index (κ1) is 23.5. The molecule has 2 heteroatoms. The normalized spacial score (nSPS) is 11.8. The molecule has 0 bridgehead atoms. The molecule has 0 saturated heterocycles. The lowest BCUT2D eigenvalue weighted by atomic mass is 9.96. The minimum absolute atomic E-state index is 1.15. The molecule has 0 atom stereocenters. The Balaban J connectivity index is 1.26. The highest BCUT2D eigenvalue weighted by Gasteiger charge is 2.16. The van der Waals surface area contributed by atoms with E-state index in [-0.39, 0.29) is 0 Å². The van der Waals surface area contributed by atoms with E-state index >= 15 is 0 Å². The number of hydrogen-bond acceptors (Lipinski definition) is 2. The monoisotopic (exact) mass is 551 g/mol. The molecule has 8 aromatic carbocycles.